The second-order valence-electron chi connectivity index (χ2n) is 2.58. The molecule has 0 heterocycles. The van der Waals surface area contributed by atoms with Gasteiger partial charge in [-0.25, -0.2) is 0 Å². The Labute approximate surface area is 82.7 Å². The molecule has 0 saturated heterocycles. The maximum Gasteiger partial charge on any atom is 0.312 e. The Morgan fingerprint density at radius 1 is 1.67 bits per heavy atom. The number of hydrogen-bond donors (Lipinski definition) is 1. The minimum Gasteiger partial charge on any atom is -0.481 e. The van der Waals surface area contributed by atoms with Crippen LogP contribution in [-0.2, 0) is 4.79 Å². The van der Waals surface area contributed by atoms with E-state index in [0.29, 0.717) is 4.20 Å². The normalized spacial score (nSPS) is 12.5. The van der Waals surface area contributed by atoms with E-state index in [1.807, 2.05) is 0 Å². The van der Waals surface area contributed by atoms with E-state index < -0.39 is 11.9 Å². The van der Waals surface area contributed by atoms with E-state index in [0.717, 1.165) is 18.6 Å². The summed E-state index contributed by atoms with van der Waals surface area (Å²) in [4.78, 5) is 10.5. The molecule has 0 spiro atoms. The van der Waals surface area contributed by atoms with Crippen molar-refractivity contribution >= 4 is 34.1 Å². The predicted molar refractivity (Wildman–Crippen MR) is 56.8 cm³/mol. The Hall–Kier alpha value is -0.0900. The van der Waals surface area contributed by atoms with Crippen LogP contribution in [0.15, 0.2) is 0 Å². The molecular weight excluding hydrogens is 192 g/mol. The molecule has 0 aromatic carbocycles. The lowest BCUT2D eigenvalue weighted by Crippen LogP contribution is -2.16. The lowest BCUT2D eigenvalue weighted by Gasteiger charge is -2.06. The van der Waals surface area contributed by atoms with Gasteiger partial charge in [0.1, 0.15) is 0 Å². The molecule has 0 aromatic heterocycles. The van der Waals surface area contributed by atoms with Gasteiger partial charge in [-0.15, -0.1) is 11.8 Å². The smallest absolute Gasteiger partial charge is 0.312 e. The topological polar surface area (TPSA) is 37.3 Å². The third kappa shape index (κ3) is 4.72. The summed E-state index contributed by atoms with van der Waals surface area (Å²) in [5, 5.41) is 8.61. The van der Waals surface area contributed by atoms with Crippen molar-refractivity contribution in [2.45, 2.75) is 26.7 Å². The van der Waals surface area contributed by atoms with Crippen molar-refractivity contribution in [3.05, 3.63) is 0 Å². The van der Waals surface area contributed by atoms with E-state index in [9.17, 15) is 4.79 Å². The van der Waals surface area contributed by atoms with Gasteiger partial charge in [-0.1, -0.05) is 25.6 Å². The second-order valence-corrected chi connectivity index (χ2v) is 4.42. The molecular formula is C8H14O2S2. The van der Waals surface area contributed by atoms with Gasteiger partial charge in [0.2, 0.25) is 0 Å². The van der Waals surface area contributed by atoms with Gasteiger partial charge < -0.3 is 5.11 Å². The number of thiocarbonyl (C=S) groups is 1. The SMILES string of the molecule is CCCCSC(=S)C(C)C(=O)O. The average Bonchev–Trinajstić information content (AvgIpc) is 2.03. The van der Waals surface area contributed by atoms with Crippen molar-refractivity contribution in [2.24, 2.45) is 5.92 Å². The molecule has 1 atom stereocenters. The largest absolute Gasteiger partial charge is 0.481 e. The van der Waals surface area contributed by atoms with Crippen molar-refractivity contribution in [1.82, 2.24) is 0 Å². The van der Waals surface area contributed by atoms with Crippen molar-refractivity contribution in [3.63, 3.8) is 0 Å². The first-order valence-corrected chi connectivity index (χ1v) is 5.38. The van der Waals surface area contributed by atoms with Gasteiger partial charge in [-0.2, -0.15) is 0 Å². The quantitative estimate of drug-likeness (QED) is 0.554. The zero-order valence-electron chi connectivity index (χ0n) is 7.37. The fourth-order valence-electron chi connectivity index (χ4n) is 0.543. The maximum atomic E-state index is 10.5. The van der Waals surface area contributed by atoms with Crippen LogP contribution in [0.4, 0.5) is 0 Å². The fourth-order valence-corrected chi connectivity index (χ4v) is 1.88. The average molecular weight is 206 g/mol. The molecule has 0 saturated carbocycles. The van der Waals surface area contributed by atoms with Gasteiger partial charge in [0, 0.05) is 0 Å². The van der Waals surface area contributed by atoms with Crippen LogP contribution in [0, 0.1) is 5.92 Å². The molecule has 1 N–H and O–H groups in total. The highest BCUT2D eigenvalue weighted by Gasteiger charge is 2.16. The van der Waals surface area contributed by atoms with Crippen LogP contribution in [0.5, 0.6) is 0 Å². The highest BCUT2D eigenvalue weighted by atomic mass is 32.2. The summed E-state index contributed by atoms with van der Waals surface area (Å²) in [6.07, 6.45) is 2.22. The van der Waals surface area contributed by atoms with Crippen molar-refractivity contribution in [2.75, 3.05) is 5.75 Å². The molecule has 1 unspecified atom stereocenters. The van der Waals surface area contributed by atoms with Crippen molar-refractivity contribution in [1.29, 1.82) is 0 Å². The van der Waals surface area contributed by atoms with Crippen LogP contribution >= 0.6 is 24.0 Å². The summed E-state index contributed by atoms with van der Waals surface area (Å²) >= 11 is 6.44. The van der Waals surface area contributed by atoms with Crippen LogP contribution in [0.1, 0.15) is 26.7 Å². The Bertz CT molecular complexity index is 168. The van der Waals surface area contributed by atoms with Crippen LogP contribution in [0.25, 0.3) is 0 Å². The number of unbranched alkanes of at least 4 members (excludes halogenated alkanes) is 1. The van der Waals surface area contributed by atoms with E-state index in [1.165, 1.54) is 11.8 Å². The van der Waals surface area contributed by atoms with Crippen LogP contribution in [0.2, 0.25) is 0 Å². The second kappa shape index (κ2) is 6.43. The highest BCUT2D eigenvalue weighted by Crippen LogP contribution is 2.15. The van der Waals surface area contributed by atoms with Gasteiger partial charge in [0.25, 0.3) is 0 Å². The molecule has 0 aliphatic heterocycles. The molecule has 0 aliphatic rings. The van der Waals surface area contributed by atoms with E-state index in [1.54, 1.807) is 6.92 Å². The van der Waals surface area contributed by atoms with Gasteiger partial charge in [-0.05, 0) is 19.1 Å². The molecule has 2 nitrogen and oxygen atoms in total. The molecule has 70 valence electrons. The summed E-state index contributed by atoms with van der Waals surface area (Å²) in [6.45, 7) is 3.73. The number of thioether (sulfide) groups is 1. The first-order chi connectivity index (χ1) is 5.59. The monoisotopic (exact) mass is 206 g/mol. The molecule has 0 rings (SSSR count). The Balaban J connectivity index is 3.65. The highest BCUT2D eigenvalue weighted by molar-refractivity contribution is 8.23. The molecule has 0 bridgehead atoms. The summed E-state index contributed by atoms with van der Waals surface area (Å²) < 4.78 is 0.593. The van der Waals surface area contributed by atoms with E-state index in [2.05, 4.69) is 6.92 Å². The van der Waals surface area contributed by atoms with Gasteiger partial charge in [0.15, 0.2) is 0 Å². The zero-order valence-corrected chi connectivity index (χ0v) is 9.00. The van der Waals surface area contributed by atoms with Gasteiger partial charge in [-0.3, -0.25) is 4.79 Å². The minimum atomic E-state index is -0.830. The van der Waals surface area contributed by atoms with E-state index >= 15 is 0 Å². The molecule has 0 fully saturated rings. The van der Waals surface area contributed by atoms with Crippen molar-refractivity contribution < 1.29 is 9.90 Å². The maximum absolute atomic E-state index is 10.5. The third-order valence-electron chi connectivity index (χ3n) is 1.47. The third-order valence-corrected chi connectivity index (χ3v) is 3.30. The van der Waals surface area contributed by atoms with Crippen molar-refractivity contribution in [3.8, 4) is 0 Å². The number of aliphatic carboxylic acids is 1. The number of hydrogen-bond acceptors (Lipinski definition) is 3. The first kappa shape index (κ1) is 11.9. The first-order valence-electron chi connectivity index (χ1n) is 3.99. The number of rotatable bonds is 5. The van der Waals surface area contributed by atoms with Crippen LogP contribution < -0.4 is 0 Å². The lowest BCUT2D eigenvalue weighted by atomic mass is 10.2. The molecule has 0 aromatic rings. The standard InChI is InChI=1S/C8H14O2S2/c1-3-4-5-12-8(11)6(2)7(9)10/h6H,3-5H2,1-2H3,(H,9,10). The molecule has 0 amide bonds. The van der Waals surface area contributed by atoms with E-state index in [4.69, 9.17) is 17.3 Å². The lowest BCUT2D eigenvalue weighted by molar-refractivity contribution is -0.138. The number of carboxylic acid groups (broad SMARTS) is 1. The summed E-state index contributed by atoms with van der Waals surface area (Å²) in [5.41, 5.74) is 0. The fraction of sp³-hybridized carbons (Fsp3) is 0.750. The molecule has 12 heavy (non-hydrogen) atoms. The zero-order chi connectivity index (χ0) is 9.56. The van der Waals surface area contributed by atoms with E-state index in [-0.39, 0.29) is 0 Å². The molecule has 0 radical (unpaired) electrons. The summed E-state index contributed by atoms with van der Waals surface area (Å²) in [6, 6.07) is 0. The Morgan fingerprint density at radius 2 is 2.25 bits per heavy atom. The Kier molecular flexibility index (Phi) is 6.38. The molecule has 4 heteroatoms. The number of carboxylic acids is 1. The molecule has 0 aliphatic carbocycles. The Morgan fingerprint density at radius 3 is 2.67 bits per heavy atom. The summed E-state index contributed by atoms with van der Waals surface area (Å²) in [5.74, 6) is -0.390. The predicted octanol–water partition coefficient (Wildman–Crippen LogP) is 2.57. The minimum absolute atomic E-state index is 0.498. The van der Waals surface area contributed by atoms with Gasteiger partial charge in [0.05, 0.1) is 10.1 Å². The van der Waals surface area contributed by atoms with Crippen LogP contribution in [0.3, 0.4) is 0 Å². The summed E-state index contributed by atoms with van der Waals surface area (Å²) in [7, 11) is 0. The van der Waals surface area contributed by atoms with Gasteiger partial charge >= 0.3 is 5.97 Å². The number of carbonyl (C=O) groups is 1. The van der Waals surface area contributed by atoms with Crippen LogP contribution in [-0.4, -0.2) is 21.0 Å².